The summed E-state index contributed by atoms with van der Waals surface area (Å²) >= 11 is 0. The Kier molecular flexibility index (Phi) is 3.46. The zero-order valence-corrected chi connectivity index (χ0v) is 11.3. The molecule has 5 heteroatoms. The van der Waals surface area contributed by atoms with Gasteiger partial charge in [0.1, 0.15) is 5.75 Å². The number of amides is 1. The minimum Gasteiger partial charge on any atom is -0.497 e. The number of esters is 1. The van der Waals surface area contributed by atoms with Crippen LogP contribution in [-0.4, -0.2) is 44.6 Å². The Bertz CT molecular complexity index is 497. The zero-order chi connectivity index (χ0) is 14.0. The van der Waals surface area contributed by atoms with E-state index in [0.29, 0.717) is 24.3 Å². The van der Waals surface area contributed by atoms with E-state index in [1.807, 2.05) is 0 Å². The average molecular weight is 263 g/mol. The van der Waals surface area contributed by atoms with Gasteiger partial charge in [-0.25, -0.2) is 0 Å². The maximum atomic E-state index is 12.4. The van der Waals surface area contributed by atoms with Crippen LogP contribution in [0.15, 0.2) is 24.3 Å². The van der Waals surface area contributed by atoms with Gasteiger partial charge < -0.3 is 14.4 Å². The minimum atomic E-state index is -1.21. The van der Waals surface area contributed by atoms with E-state index in [1.54, 1.807) is 43.3 Å². The SMILES string of the molecule is COC(=O)C1(c2ccc(OC)cc2)CCN(C)C1=O. The summed E-state index contributed by atoms with van der Waals surface area (Å²) < 4.78 is 9.94. The van der Waals surface area contributed by atoms with Gasteiger partial charge in [0, 0.05) is 13.6 Å². The van der Waals surface area contributed by atoms with Crippen LogP contribution in [0, 0.1) is 0 Å². The second-order valence-corrected chi connectivity index (χ2v) is 4.60. The molecule has 0 spiro atoms. The van der Waals surface area contributed by atoms with Crippen LogP contribution in [-0.2, 0) is 19.7 Å². The maximum Gasteiger partial charge on any atom is 0.326 e. The number of benzene rings is 1. The molecular weight excluding hydrogens is 246 g/mol. The van der Waals surface area contributed by atoms with Gasteiger partial charge in [-0.15, -0.1) is 0 Å². The van der Waals surface area contributed by atoms with E-state index in [1.165, 1.54) is 7.11 Å². The number of carbonyl (C=O) groups is 2. The molecule has 1 aliphatic rings. The molecule has 0 radical (unpaired) electrons. The number of rotatable bonds is 3. The van der Waals surface area contributed by atoms with Crippen LogP contribution < -0.4 is 4.74 Å². The van der Waals surface area contributed by atoms with Gasteiger partial charge in [-0.2, -0.15) is 0 Å². The first kappa shape index (κ1) is 13.4. The fourth-order valence-electron chi connectivity index (χ4n) is 2.49. The summed E-state index contributed by atoms with van der Waals surface area (Å²) in [5.41, 5.74) is -0.565. The predicted octanol–water partition coefficient (Wildman–Crippen LogP) is 0.968. The van der Waals surface area contributed by atoms with Crippen molar-refractivity contribution in [2.75, 3.05) is 27.8 Å². The molecule has 1 unspecified atom stereocenters. The summed E-state index contributed by atoms with van der Waals surface area (Å²) in [6.45, 7) is 0.542. The molecular formula is C14H17NO4. The highest BCUT2D eigenvalue weighted by molar-refractivity contribution is 6.10. The van der Waals surface area contributed by atoms with Gasteiger partial charge in [0.05, 0.1) is 14.2 Å². The Morgan fingerprint density at radius 2 is 1.89 bits per heavy atom. The van der Waals surface area contributed by atoms with E-state index in [2.05, 4.69) is 0 Å². The van der Waals surface area contributed by atoms with Crippen molar-refractivity contribution in [1.29, 1.82) is 0 Å². The van der Waals surface area contributed by atoms with E-state index < -0.39 is 11.4 Å². The first-order valence-corrected chi connectivity index (χ1v) is 6.04. The van der Waals surface area contributed by atoms with Crippen LogP contribution in [0.1, 0.15) is 12.0 Å². The van der Waals surface area contributed by atoms with Crippen molar-refractivity contribution < 1.29 is 19.1 Å². The highest BCUT2D eigenvalue weighted by atomic mass is 16.5. The highest BCUT2D eigenvalue weighted by Crippen LogP contribution is 2.37. The third-order valence-corrected chi connectivity index (χ3v) is 3.65. The average Bonchev–Trinajstić information content (AvgIpc) is 2.76. The van der Waals surface area contributed by atoms with Crippen molar-refractivity contribution in [3.63, 3.8) is 0 Å². The minimum absolute atomic E-state index is 0.218. The first-order chi connectivity index (χ1) is 9.06. The molecule has 0 saturated carbocycles. The summed E-state index contributed by atoms with van der Waals surface area (Å²) in [5.74, 6) is -0.0425. The quantitative estimate of drug-likeness (QED) is 0.602. The van der Waals surface area contributed by atoms with Gasteiger partial charge in [0.25, 0.3) is 0 Å². The standard InChI is InChI=1S/C14H17NO4/c1-15-9-8-14(12(15)16,13(17)19-3)10-4-6-11(18-2)7-5-10/h4-7H,8-9H2,1-3H3. The number of likely N-dealkylation sites (tertiary alicyclic amines) is 1. The Balaban J connectivity index is 2.49. The maximum absolute atomic E-state index is 12.4. The van der Waals surface area contributed by atoms with Gasteiger partial charge in [0.15, 0.2) is 5.41 Å². The number of ether oxygens (including phenoxy) is 2. The van der Waals surface area contributed by atoms with E-state index in [9.17, 15) is 9.59 Å². The first-order valence-electron chi connectivity index (χ1n) is 6.04. The summed E-state index contributed by atoms with van der Waals surface area (Å²) in [4.78, 5) is 26.1. The van der Waals surface area contributed by atoms with Crippen LogP contribution in [0.3, 0.4) is 0 Å². The number of likely N-dealkylation sites (N-methyl/N-ethyl adjacent to an activating group) is 1. The van der Waals surface area contributed by atoms with Crippen molar-refractivity contribution in [1.82, 2.24) is 4.90 Å². The monoisotopic (exact) mass is 263 g/mol. The van der Waals surface area contributed by atoms with Crippen LogP contribution in [0.25, 0.3) is 0 Å². The molecule has 0 N–H and O–H groups in total. The van der Waals surface area contributed by atoms with Crippen LogP contribution >= 0.6 is 0 Å². The molecule has 102 valence electrons. The molecule has 1 aromatic carbocycles. The van der Waals surface area contributed by atoms with Crippen LogP contribution in [0.5, 0.6) is 5.75 Å². The Hall–Kier alpha value is -2.04. The Labute approximate surface area is 112 Å². The van der Waals surface area contributed by atoms with Crippen LogP contribution in [0.2, 0.25) is 0 Å². The molecule has 2 rings (SSSR count). The molecule has 1 aromatic rings. The molecule has 1 saturated heterocycles. The van der Waals surface area contributed by atoms with Gasteiger partial charge >= 0.3 is 5.97 Å². The van der Waals surface area contributed by atoms with Crippen molar-refractivity contribution in [2.45, 2.75) is 11.8 Å². The van der Waals surface area contributed by atoms with Gasteiger partial charge in [0.2, 0.25) is 5.91 Å². The third kappa shape index (κ3) is 1.95. The molecule has 1 fully saturated rings. The predicted molar refractivity (Wildman–Crippen MR) is 68.9 cm³/mol. The lowest BCUT2D eigenvalue weighted by atomic mass is 9.79. The molecule has 1 amide bonds. The van der Waals surface area contributed by atoms with E-state index in [4.69, 9.17) is 9.47 Å². The molecule has 1 aliphatic heterocycles. The topological polar surface area (TPSA) is 55.8 Å². The molecule has 0 aromatic heterocycles. The lowest BCUT2D eigenvalue weighted by Gasteiger charge is -2.24. The number of nitrogens with zero attached hydrogens (tertiary/aromatic N) is 1. The zero-order valence-electron chi connectivity index (χ0n) is 11.3. The van der Waals surface area contributed by atoms with Crippen molar-refractivity contribution in [3.8, 4) is 5.75 Å². The summed E-state index contributed by atoms with van der Waals surface area (Å²) in [6, 6.07) is 6.97. The van der Waals surface area contributed by atoms with Crippen molar-refractivity contribution >= 4 is 11.9 Å². The van der Waals surface area contributed by atoms with E-state index in [0.717, 1.165) is 0 Å². The molecule has 19 heavy (non-hydrogen) atoms. The molecule has 0 bridgehead atoms. The van der Waals surface area contributed by atoms with Crippen molar-refractivity contribution in [3.05, 3.63) is 29.8 Å². The molecule has 5 nitrogen and oxygen atoms in total. The molecule has 0 aliphatic carbocycles. The highest BCUT2D eigenvalue weighted by Gasteiger charge is 2.53. The van der Waals surface area contributed by atoms with E-state index in [-0.39, 0.29) is 5.91 Å². The Morgan fingerprint density at radius 1 is 1.26 bits per heavy atom. The van der Waals surface area contributed by atoms with Crippen molar-refractivity contribution in [2.24, 2.45) is 0 Å². The van der Waals surface area contributed by atoms with Gasteiger partial charge in [-0.05, 0) is 24.1 Å². The number of carbonyl (C=O) groups excluding carboxylic acids is 2. The lowest BCUT2D eigenvalue weighted by Crippen LogP contribution is -2.44. The largest absolute Gasteiger partial charge is 0.497 e. The summed E-state index contributed by atoms with van der Waals surface area (Å²) in [5, 5.41) is 0. The second-order valence-electron chi connectivity index (χ2n) is 4.60. The third-order valence-electron chi connectivity index (χ3n) is 3.65. The second kappa shape index (κ2) is 4.91. The van der Waals surface area contributed by atoms with Crippen LogP contribution in [0.4, 0.5) is 0 Å². The van der Waals surface area contributed by atoms with Gasteiger partial charge in [-0.3, -0.25) is 9.59 Å². The lowest BCUT2D eigenvalue weighted by molar-refractivity contribution is -0.152. The number of hydrogen-bond donors (Lipinski definition) is 0. The van der Waals surface area contributed by atoms with Gasteiger partial charge in [-0.1, -0.05) is 12.1 Å². The summed E-state index contributed by atoms with van der Waals surface area (Å²) in [7, 11) is 4.56. The number of hydrogen-bond acceptors (Lipinski definition) is 4. The Morgan fingerprint density at radius 3 is 2.32 bits per heavy atom. The molecule has 1 heterocycles. The normalized spacial score (nSPS) is 22.5. The van der Waals surface area contributed by atoms with E-state index >= 15 is 0 Å². The smallest absolute Gasteiger partial charge is 0.326 e. The number of methoxy groups -OCH3 is 2. The fourth-order valence-corrected chi connectivity index (χ4v) is 2.49. The molecule has 1 atom stereocenters. The fraction of sp³-hybridized carbons (Fsp3) is 0.429. The summed E-state index contributed by atoms with van der Waals surface area (Å²) in [6.07, 6.45) is 0.432.